The van der Waals surface area contributed by atoms with Gasteiger partial charge in [-0.25, -0.2) is 4.39 Å². The molecular weight excluding hydrogens is 313 g/mol. The number of anilines is 1. The third-order valence-electron chi connectivity index (χ3n) is 5.08. The SMILES string of the molecule is C=COC(O)C1CC[C@@H](Nc2ccc(F)cc2)C2(O)CCCO[C@H]12. The van der Waals surface area contributed by atoms with Crippen LogP contribution in [0, 0.1) is 11.7 Å². The molecule has 6 heteroatoms. The molecule has 3 N–H and O–H groups in total. The Morgan fingerprint density at radius 2 is 2.12 bits per heavy atom. The standard InChI is InChI=1S/C18H24FNO4/c1-2-23-17(21)14-8-9-15(18(22)10-3-11-24-16(14)18)20-13-6-4-12(19)5-7-13/h2,4-7,14-17,20-22H,1,3,8-11H2/t14?,15-,16-,17?,18?/m1/s1. The van der Waals surface area contributed by atoms with E-state index >= 15 is 0 Å². The number of rotatable bonds is 5. The summed E-state index contributed by atoms with van der Waals surface area (Å²) in [5.41, 5.74) is -0.360. The minimum Gasteiger partial charge on any atom is -0.473 e. The number of hydrogen-bond donors (Lipinski definition) is 3. The van der Waals surface area contributed by atoms with Crippen LogP contribution in [-0.4, -0.2) is 40.9 Å². The molecule has 24 heavy (non-hydrogen) atoms. The van der Waals surface area contributed by atoms with E-state index in [2.05, 4.69) is 11.9 Å². The average molecular weight is 337 g/mol. The topological polar surface area (TPSA) is 71.0 Å². The van der Waals surface area contributed by atoms with Gasteiger partial charge in [0.2, 0.25) is 6.29 Å². The van der Waals surface area contributed by atoms with Crippen LogP contribution in [0.4, 0.5) is 10.1 Å². The Labute approximate surface area is 141 Å². The molecule has 1 aromatic rings. The fraction of sp³-hybridized carbons (Fsp3) is 0.556. The molecule has 5 atom stereocenters. The van der Waals surface area contributed by atoms with E-state index in [-0.39, 0.29) is 17.8 Å². The Hall–Kier alpha value is -1.63. The van der Waals surface area contributed by atoms with Gasteiger partial charge in [-0.3, -0.25) is 0 Å². The summed E-state index contributed by atoms with van der Waals surface area (Å²) in [6.45, 7) is 4.02. The van der Waals surface area contributed by atoms with Gasteiger partial charge in [-0.15, -0.1) is 0 Å². The van der Waals surface area contributed by atoms with Crippen LogP contribution in [-0.2, 0) is 9.47 Å². The summed E-state index contributed by atoms with van der Waals surface area (Å²) in [5.74, 6) is -0.619. The molecule has 3 unspecified atom stereocenters. The van der Waals surface area contributed by atoms with E-state index in [1.54, 1.807) is 12.1 Å². The van der Waals surface area contributed by atoms with Gasteiger partial charge in [0.1, 0.15) is 11.4 Å². The maximum absolute atomic E-state index is 13.1. The van der Waals surface area contributed by atoms with Crippen LogP contribution in [0.1, 0.15) is 25.7 Å². The first-order chi connectivity index (χ1) is 11.5. The Bertz CT molecular complexity index is 567. The normalized spacial score (nSPS) is 34.0. The summed E-state index contributed by atoms with van der Waals surface area (Å²) >= 11 is 0. The van der Waals surface area contributed by atoms with Crippen molar-refractivity contribution in [3.63, 3.8) is 0 Å². The monoisotopic (exact) mass is 337 g/mol. The highest BCUT2D eigenvalue weighted by atomic mass is 19.1. The summed E-state index contributed by atoms with van der Waals surface area (Å²) in [6.07, 6.45) is 2.25. The van der Waals surface area contributed by atoms with E-state index < -0.39 is 18.0 Å². The van der Waals surface area contributed by atoms with Gasteiger partial charge in [0.25, 0.3) is 0 Å². The van der Waals surface area contributed by atoms with Gasteiger partial charge in [-0.1, -0.05) is 6.58 Å². The maximum atomic E-state index is 13.1. The van der Waals surface area contributed by atoms with Crippen molar-refractivity contribution >= 4 is 5.69 Å². The van der Waals surface area contributed by atoms with Crippen LogP contribution >= 0.6 is 0 Å². The highest BCUT2D eigenvalue weighted by molar-refractivity contribution is 5.45. The lowest BCUT2D eigenvalue weighted by Crippen LogP contribution is -2.65. The van der Waals surface area contributed by atoms with Gasteiger partial charge < -0.3 is 25.0 Å². The van der Waals surface area contributed by atoms with Crippen molar-refractivity contribution in [1.82, 2.24) is 0 Å². The zero-order valence-electron chi connectivity index (χ0n) is 13.5. The summed E-state index contributed by atoms with van der Waals surface area (Å²) in [6, 6.07) is 5.84. The van der Waals surface area contributed by atoms with Crippen molar-refractivity contribution in [3.8, 4) is 0 Å². The first-order valence-electron chi connectivity index (χ1n) is 8.35. The van der Waals surface area contributed by atoms with E-state index in [1.807, 2.05) is 0 Å². The van der Waals surface area contributed by atoms with Crippen LogP contribution in [0.5, 0.6) is 0 Å². The smallest absolute Gasteiger partial charge is 0.201 e. The van der Waals surface area contributed by atoms with Crippen LogP contribution in [0.3, 0.4) is 0 Å². The molecule has 3 rings (SSSR count). The van der Waals surface area contributed by atoms with E-state index in [0.29, 0.717) is 25.9 Å². The zero-order valence-corrected chi connectivity index (χ0v) is 13.5. The summed E-state index contributed by atoms with van der Waals surface area (Å²) in [7, 11) is 0. The molecule has 1 aliphatic carbocycles. The second-order valence-electron chi connectivity index (χ2n) is 6.52. The second kappa shape index (κ2) is 7.09. The molecule has 2 aliphatic rings. The molecule has 1 aliphatic heterocycles. The number of benzene rings is 1. The minimum absolute atomic E-state index is 0.236. The maximum Gasteiger partial charge on any atom is 0.201 e. The van der Waals surface area contributed by atoms with Crippen LogP contribution in [0.25, 0.3) is 0 Å². The molecule has 0 spiro atoms. The number of halogens is 1. The number of nitrogens with one attached hydrogen (secondary N) is 1. The molecule has 2 fully saturated rings. The number of aliphatic hydroxyl groups excluding tert-OH is 1. The van der Waals surface area contributed by atoms with Crippen molar-refractivity contribution in [2.45, 2.75) is 49.7 Å². The van der Waals surface area contributed by atoms with Gasteiger partial charge in [0.15, 0.2) is 0 Å². The predicted octanol–water partition coefficient (Wildman–Crippen LogP) is 2.40. The van der Waals surface area contributed by atoms with Gasteiger partial charge in [-0.05, 0) is 49.9 Å². The number of aliphatic hydroxyl groups is 2. The first kappa shape index (κ1) is 17.2. The minimum atomic E-state index is -1.11. The van der Waals surface area contributed by atoms with Crippen molar-refractivity contribution in [3.05, 3.63) is 42.9 Å². The third kappa shape index (κ3) is 3.27. The second-order valence-corrected chi connectivity index (χ2v) is 6.52. The lowest BCUT2D eigenvalue weighted by atomic mass is 9.68. The fourth-order valence-electron chi connectivity index (χ4n) is 3.92. The van der Waals surface area contributed by atoms with Gasteiger partial charge >= 0.3 is 0 Å². The highest BCUT2D eigenvalue weighted by Crippen LogP contribution is 2.43. The van der Waals surface area contributed by atoms with E-state index in [0.717, 1.165) is 12.1 Å². The summed E-state index contributed by atoms with van der Waals surface area (Å²) < 4.78 is 24.0. The number of ether oxygens (including phenoxy) is 2. The molecular formula is C18H24FNO4. The lowest BCUT2D eigenvalue weighted by molar-refractivity contribution is -0.232. The van der Waals surface area contributed by atoms with Crippen LogP contribution in [0.2, 0.25) is 0 Å². The highest BCUT2D eigenvalue weighted by Gasteiger charge is 2.54. The lowest BCUT2D eigenvalue weighted by Gasteiger charge is -2.52. The van der Waals surface area contributed by atoms with Crippen molar-refractivity contribution in [1.29, 1.82) is 0 Å². The molecule has 0 amide bonds. The Morgan fingerprint density at radius 3 is 2.83 bits per heavy atom. The molecule has 0 bridgehead atoms. The Balaban J connectivity index is 1.79. The van der Waals surface area contributed by atoms with Crippen molar-refractivity contribution in [2.75, 3.05) is 11.9 Å². The van der Waals surface area contributed by atoms with Crippen molar-refractivity contribution < 1.29 is 24.1 Å². The molecule has 1 saturated carbocycles. The van der Waals surface area contributed by atoms with Crippen LogP contribution in [0.15, 0.2) is 37.1 Å². The Kier molecular flexibility index (Phi) is 5.08. The number of fused-ring (bicyclic) bond motifs is 1. The van der Waals surface area contributed by atoms with Gasteiger partial charge in [-0.2, -0.15) is 0 Å². The molecule has 1 heterocycles. The van der Waals surface area contributed by atoms with E-state index in [1.165, 1.54) is 18.4 Å². The molecule has 1 saturated heterocycles. The Morgan fingerprint density at radius 1 is 1.38 bits per heavy atom. The van der Waals surface area contributed by atoms with Crippen LogP contribution < -0.4 is 5.32 Å². The molecule has 1 aromatic carbocycles. The largest absolute Gasteiger partial charge is 0.473 e. The summed E-state index contributed by atoms with van der Waals surface area (Å²) in [4.78, 5) is 0. The number of hydrogen-bond acceptors (Lipinski definition) is 5. The van der Waals surface area contributed by atoms with E-state index in [4.69, 9.17) is 9.47 Å². The first-order valence-corrected chi connectivity index (χ1v) is 8.35. The molecule has 5 nitrogen and oxygen atoms in total. The van der Waals surface area contributed by atoms with E-state index in [9.17, 15) is 14.6 Å². The third-order valence-corrected chi connectivity index (χ3v) is 5.08. The van der Waals surface area contributed by atoms with Crippen molar-refractivity contribution in [2.24, 2.45) is 5.92 Å². The quantitative estimate of drug-likeness (QED) is 0.568. The zero-order chi connectivity index (χ0) is 17.2. The molecule has 0 aromatic heterocycles. The van der Waals surface area contributed by atoms with Gasteiger partial charge in [0.05, 0.1) is 24.3 Å². The molecule has 132 valence electrons. The fourth-order valence-corrected chi connectivity index (χ4v) is 3.92. The predicted molar refractivity (Wildman–Crippen MR) is 87.7 cm³/mol. The summed E-state index contributed by atoms with van der Waals surface area (Å²) in [5, 5.41) is 24.8. The van der Waals surface area contributed by atoms with Gasteiger partial charge in [0, 0.05) is 12.3 Å². The molecule has 0 radical (unpaired) electrons. The average Bonchev–Trinajstić information content (AvgIpc) is 2.57.